The first-order chi connectivity index (χ1) is 14.8. The van der Waals surface area contributed by atoms with E-state index < -0.39 is 72.0 Å². The molecule has 13 nitrogen and oxygen atoms in total. The second-order valence-corrected chi connectivity index (χ2v) is 7.66. The highest BCUT2D eigenvalue weighted by molar-refractivity contribution is 7.80. The molecule has 5 unspecified atom stereocenters. The van der Waals surface area contributed by atoms with E-state index in [0.717, 1.165) is 0 Å². The minimum Gasteiger partial charge on any atom is -0.480 e. The first-order valence-corrected chi connectivity index (χ1v) is 10.5. The number of hydrogen-bond donors (Lipinski definition) is 8. The van der Waals surface area contributed by atoms with Crippen LogP contribution in [0.3, 0.4) is 0 Å². The van der Waals surface area contributed by atoms with E-state index in [0.29, 0.717) is 6.42 Å². The maximum atomic E-state index is 12.7. The molecule has 0 aromatic carbocycles. The fraction of sp³-hybridized carbons (Fsp3) is 0.667. The lowest BCUT2D eigenvalue weighted by atomic mass is 9.98. The first-order valence-electron chi connectivity index (χ1n) is 9.90. The molecule has 0 aliphatic rings. The van der Waals surface area contributed by atoms with Crippen molar-refractivity contribution in [3.8, 4) is 0 Å². The first kappa shape index (κ1) is 29.1. The van der Waals surface area contributed by atoms with Gasteiger partial charge in [0.05, 0.1) is 12.5 Å². The number of amides is 5. The van der Waals surface area contributed by atoms with Crippen LogP contribution in [0.4, 0.5) is 0 Å². The van der Waals surface area contributed by atoms with Crippen LogP contribution in [0.5, 0.6) is 0 Å². The topological polar surface area (TPSA) is 237 Å². The fourth-order valence-electron chi connectivity index (χ4n) is 2.54. The molecule has 0 spiro atoms. The van der Waals surface area contributed by atoms with Gasteiger partial charge in [-0.3, -0.25) is 24.0 Å². The molecule has 10 N–H and O–H groups in total. The predicted octanol–water partition coefficient (Wildman–Crippen LogP) is -3.03. The van der Waals surface area contributed by atoms with Crippen LogP contribution in [0.15, 0.2) is 0 Å². The van der Waals surface area contributed by atoms with Crippen molar-refractivity contribution >= 4 is 48.1 Å². The Hall–Kier alpha value is -2.87. The molecule has 0 aromatic heterocycles. The third-order valence-corrected chi connectivity index (χ3v) is 5.05. The van der Waals surface area contributed by atoms with Crippen LogP contribution >= 0.6 is 12.6 Å². The maximum Gasteiger partial charge on any atom is 0.326 e. The zero-order valence-electron chi connectivity index (χ0n) is 18.0. The highest BCUT2D eigenvalue weighted by atomic mass is 32.1. The number of nitrogens with two attached hydrogens (primary N) is 3. The largest absolute Gasteiger partial charge is 0.480 e. The number of carboxylic acid groups (broad SMARTS) is 1. The van der Waals surface area contributed by atoms with Crippen LogP contribution in [0.25, 0.3) is 0 Å². The quantitative estimate of drug-likeness (QED) is 0.113. The average molecular weight is 477 g/mol. The second kappa shape index (κ2) is 14.2. The Balaban J connectivity index is 5.60. The fourth-order valence-corrected chi connectivity index (χ4v) is 2.70. The number of aliphatic carboxylic acids is 1. The monoisotopic (exact) mass is 476 g/mol. The third-order valence-electron chi connectivity index (χ3n) is 4.66. The SMILES string of the molecule is CCC(C)C(NC(=O)C(CCC(N)=O)NC(=O)C(CC(N)=O)NC(=O)C(N)CS)C(=O)O. The molecule has 0 fully saturated rings. The minimum atomic E-state index is -1.46. The smallest absolute Gasteiger partial charge is 0.326 e. The second-order valence-electron chi connectivity index (χ2n) is 7.30. The molecule has 0 bridgehead atoms. The lowest BCUT2D eigenvalue weighted by Crippen LogP contribution is -2.58. The summed E-state index contributed by atoms with van der Waals surface area (Å²) in [7, 11) is 0. The normalized spacial score (nSPS) is 15.4. The number of carbonyl (C=O) groups excluding carboxylic acids is 5. The van der Waals surface area contributed by atoms with E-state index in [2.05, 4.69) is 28.6 Å². The number of hydrogen-bond acceptors (Lipinski definition) is 8. The Bertz CT molecular complexity index is 720. The minimum absolute atomic E-state index is 0.0351. The van der Waals surface area contributed by atoms with Gasteiger partial charge >= 0.3 is 5.97 Å². The van der Waals surface area contributed by atoms with Gasteiger partial charge in [-0.15, -0.1) is 0 Å². The summed E-state index contributed by atoms with van der Waals surface area (Å²) in [5.41, 5.74) is 15.8. The Labute approximate surface area is 191 Å². The summed E-state index contributed by atoms with van der Waals surface area (Å²) in [6.07, 6.45) is -0.677. The summed E-state index contributed by atoms with van der Waals surface area (Å²) in [5, 5.41) is 16.3. The van der Waals surface area contributed by atoms with Crippen LogP contribution in [-0.4, -0.2) is 70.5 Å². The van der Waals surface area contributed by atoms with Gasteiger partial charge in [-0.25, -0.2) is 4.79 Å². The Morgan fingerprint density at radius 3 is 1.88 bits per heavy atom. The molecule has 0 aromatic rings. The molecule has 32 heavy (non-hydrogen) atoms. The molecule has 0 saturated heterocycles. The average Bonchev–Trinajstić information content (AvgIpc) is 2.71. The summed E-state index contributed by atoms with van der Waals surface area (Å²) in [6.45, 7) is 3.37. The van der Waals surface area contributed by atoms with E-state index in [1.54, 1.807) is 13.8 Å². The molecule has 14 heteroatoms. The van der Waals surface area contributed by atoms with E-state index in [9.17, 15) is 33.9 Å². The van der Waals surface area contributed by atoms with Gasteiger partial charge in [-0.05, 0) is 12.3 Å². The summed E-state index contributed by atoms with van der Waals surface area (Å²) in [6, 6.07) is -5.14. The van der Waals surface area contributed by atoms with Crippen molar-refractivity contribution < 1.29 is 33.9 Å². The standard InChI is InChI=1S/C18H32N6O7S/c1-3-8(2)14(18(30)31)24-16(28)10(4-5-12(20)25)22-17(29)11(6-13(21)26)23-15(27)9(19)7-32/h8-11,14,32H,3-7,19H2,1-2H3,(H2,20,25)(H2,21,26)(H,22,29)(H,23,27)(H,24,28)(H,30,31). The Kier molecular flexibility index (Phi) is 13.0. The van der Waals surface area contributed by atoms with Crippen molar-refractivity contribution in [2.24, 2.45) is 23.1 Å². The van der Waals surface area contributed by atoms with Crippen molar-refractivity contribution in [1.29, 1.82) is 0 Å². The summed E-state index contributed by atoms with van der Waals surface area (Å²) >= 11 is 3.88. The number of carboxylic acids is 1. The van der Waals surface area contributed by atoms with E-state index in [1.807, 2.05) is 0 Å². The Morgan fingerprint density at radius 2 is 1.44 bits per heavy atom. The van der Waals surface area contributed by atoms with Gasteiger partial charge < -0.3 is 38.3 Å². The zero-order chi connectivity index (χ0) is 25.0. The van der Waals surface area contributed by atoms with Gasteiger partial charge in [-0.1, -0.05) is 20.3 Å². The van der Waals surface area contributed by atoms with Crippen molar-refractivity contribution in [1.82, 2.24) is 16.0 Å². The van der Waals surface area contributed by atoms with Gasteiger partial charge in [-0.2, -0.15) is 12.6 Å². The molecule has 0 aliphatic heterocycles. The van der Waals surface area contributed by atoms with Crippen molar-refractivity contribution in [2.75, 3.05) is 5.75 Å². The number of primary amides is 2. The molecule has 0 rings (SSSR count). The van der Waals surface area contributed by atoms with Crippen LogP contribution in [0.2, 0.25) is 0 Å². The molecule has 5 atom stereocenters. The van der Waals surface area contributed by atoms with Gasteiger partial charge in [0.2, 0.25) is 29.5 Å². The van der Waals surface area contributed by atoms with E-state index in [1.165, 1.54) is 0 Å². The number of rotatable bonds is 15. The zero-order valence-corrected chi connectivity index (χ0v) is 18.9. The van der Waals surface area contributed by atoms with E-state index in [4.69, 9.17) is 17.2 Å². The molecule has 0 heterocycles. The summed E-state index contributed by atoms with van der Waals surface area (Å²) in [5.74, 6) is -6.00. The number of thiol groups is 1. The van der Waals surface area contributed by atoms with Gasteiger partial charge in [0, 0.05) is 12.2 Å². The van der Waals surface area contributed by atoms with Crippen molar-refractivity contribution in [2.45, 2.75) is 63.7 Å². The van der Waals surface area contributed by atoms with Gasteiger partial charge in [0.1, 0.15) is 18.1 Å². The van der Waals surface area contributed by atoms with Crippen LogP contribution in [0, 0.1) is 5.92 Å². The maximum absolute atomic E-state index is 12.7. The summed E-state index contributed by atoms with van der Waals surface area (Å²) in [4.78, 5) is 71.4. The molecule has 0 aliphatic carbocycles. The number of carbonyl (C=O) groups is 6. The molecular formula is C18H32N6O7S. The lowest BCUT2D eigenvalue weighted by molar-refractivity contribution is -0.144. The lowest BCUT2D eigenvalue weighted by Gasteiger charge is -2.26. The third kappa shape index (κ3) is 10.4. The highest BCUT2D eigenvalue weighted by Crippen LogP contribution is 2.09. The predicted molar refractivity (Wildman–Crippen MR) is 117 cm³/mol. The Morgan fingerprint density at radius 1 is 0.906 bits per heavy atom. The van der Waals surface area contributed by atoms with Crippen molar-refractivity contribution in [3.63, 3.8) is 0 Å². The van der Waals surface area contributed by atoms with Gasteiger partial charge in [0.15, 0.2) is 0 Å². The summed E-state index contributed by atoms with van der Waals surface area (Å²) < 4.78 is 0. The molecule has 5 amide bonds. The van der Waals surface area contributed by atoms with E-state index in [-0.39, 0.29) is 18.6 Å². The van der Waals surface area contributed by atoms with Gasteiger partial charge in [0.25, 0.3) is 0 Å². The molecular weight excluding hydrogens is 444 g/mol. The highest BCUT2D eigenvalue weighted by Gasteiger charge is 2.32. The van der Waals surface area contributed by atoms with Crippen LogP contribution in [-0.2, 0) is 28.8 Å². The molecule has 0 saturated carbocycles. The van der Waals surface area contributed by atoms with E-state index >= 15 is 0 Å². The van der Waals surface area contributed by atoms with Crippen LogP contribution in [0.1, 0.15) is 39.5 Å². The molecule has 182 valence electrons. The number of nitrogens with one attached hydrogen (secondary N) is 3. The molecule has 0 radical (unpaired) electrons. The van der Waals surface area contributed by atoms with Crippen molar-refractivity contribution in [3.05, 3.63) is 0 Å². The van der Waals surface area contributed by atoms with Crippen LogP contribution < -0.4 is 33.2 Å².